The van der Waals surface area contributed by atoms with Crippen LogP contribution in [0.5, 0.6) is 11.5 Å². The number of nitro groups is 1. The number of hydrogen-bond acceptors (Lipinski definition) is 5. The van der Waals surface area contributed by atoms with Crippen LogP contribution in [0.2, 0.25) is 0 Å². The summed E-state index contributed by atoms with van der Waals surface area (Å²) < 4.78 is 10.1. The number of nitrogens with two attached hydrogens (primary N) is 1. The van der Waals surface area contributed by atoms with Crippen molar-refractivity contribution in [2.24, 2.45) is 5.73 Å². The van der Waals surface area contributed by atoms with Gasteiger partial charge in [0.05, 0.1) is 18.1 Å². The maximum Gasteiger partial charge on any atom is 0.273 e. The fourth-order valence-electron chi connectivity index (χ4n) is 1.12. The SMILES string of the molecule is COc1ccc([N+](=O)[O-])cc1O[C@@H](C)C(N)=O. The van der Waals surface area contributed by atoms with E-state index in [1.54, 1.807) is 0 Å². The van der Waals surface area contributed by atoms with E-state index in [4.69, 9.17) is 15.2 Å². The van der Waals surface area contributed by atoms with Gasteiger partial charge in [0.1, 0.15) is 0 Å². The van der Waals surface area contributed by atoms with Crippen LogP contribution in [0.25, 0.3) is 0 Å². The zero-order chi connectivity index (χ0) is 13.0. The Morgan fingerprint density at radius 2 is 2.12 bits per heavy atom. The number of rotatable bonds is 5. The Kier molecular flexibility index (Phi) is 3.86. The molecule has 7 heteroatoms. The topological polar surface area (TPSA) is 105 Å². The van der Waals surface area contributed by atoms with Crippen molar-refractivity contribution in [1.29, 1.82) is 0 Å². The van der Waals surface area contributed by atoms with E-state index in [0.717, 1.165) is 0 Å². The van der Waals surface area contributed by atoms with Crippen LogP contribution in [0, 0.1) is 10.1 Å². The molecule has 1 aromatic rings. The molecule has 92 valence electrons. The van der Waals surface area contributed by atoms with Gasteiger partial charge in [0.25, 0.3) is 11.6 Å². The second-order valence-corrected chi connectivity index (χ2v) is 3.25. The van der Waals surface area contributed by atoms with E-state index in [0.29, 0.717) is 5.75 Å². The molecule has 0 aliphatic rings. The molecule has 0 saturated heterocycles. The van der Waals surface area contributed by atoms with E-state index in [1.807, 2.05) is 0 Å². The molecule has 0 unspecified atom stereocenters. The molecule has 17 heavy (non-hydrogen) atoms. The van der Waals surface area contributed by atoms with Gasteiger partial charge in [0.15, 0.2) is 17.6 Å². The van der Waals surface area contributed by atoms with E-state index in [1.165, 1.54) is 32.2 Å². The predicted octanol–water partition coefficient (Wildman–Crippen LogP) is 0.856. The van der Waals surface area contributed by atoms with Gasteiger partial charge in [-0.2, -0.15) is 0 Å². The van der Waals surface area contributed by atoms with Crippen LogP contribution in [0.15, 0.2) is 18.2 Å². The van der Waals surface area contributed by atoms with Crippen LogP contribution in [0.4, 0.5) is 5.69 Å². The number of primary amides is 1. The Morgan fingerprint density at radius 3 is 2.59 bits per heavy atom. The number of non-ortho nitro benzene ring substituents is 1. The number of methoxy groups -OCH3 is 1. The van der Waals surface area contributed by atoms with Crippen molar-refractivity contribution in [3.63, 3.8) is 0 Å². The molecule has 0 bridgehead atoms. The average Bonchev–Trinajstić information content (AvgIpc) is 2.28. The van der Waals surface area contributed by atoms with E-state index >= 15 is 0 Å². The summed E-state index contributed by atoms with van der Waals surface area (Å²) in [5, 5.41) is 10.6. The molecule has 0 aliphatic carbocycles. The first kappa shape index (κ1) is 12.8. The van der Waals surface area contributed by atoms with E-state index in [-0.39, 0.29) is 11.4 Å². The molecular weight excluding hydrogens is 228 g/mol. The first-order valence-electron chi connectivity index (χ1n) is 4.74. The third-order valence-electron chi connectivity index (χ3n) is 2.06. The Hall–Kier alpha value is -2.31. The highest BCUT2D eigenvalue weighted by Gasteiger charge is 2.17. The molecule has 0 spiro atoms. The molecule has 1 aromatic carbocycles. The van der Waals surface area contributed by atoms with Gasteiger partial charge in [-0.15, -0.1) is 0 Å². The smallest absolute Gasteiger partial charge is 0.273 e. The zero-order valence-electron chi connectivity index (χ0n) is 9.38. The molecule has 2 N–H and O–H groups in total. The van der Waals surface area contributed by atoms with Gasteiger partial charge < -0.3 is 15.2 Å². The number of ether oxygens (including phenoxy) is 2. The van der Waals surface area contributed by atoms with Crippen LogP contribution in [-0.2, 0) is 4.79 Å². The van der Waals surface area contributed by atoms with Crippen LogP contribution in [-0.4, -0.2) is 24.0 Å². The second-order valence-electron chi connectivity index (χ2n) is 3.25. The quantitative estimate of drug-likeness (QED) is 0.606. The van der Waals surface area contributed by atoms with Gasteiger partial charge in [-0.05, 0) is 13.0 Å². The summed E-state index contributed by atoms with van der Waals surface area (Å²) in [5.74, 6) is -0.268. The average molecular weight is 240 g/mol. The molecule has 0 aromatic heterocycles. The fourth-order valence-corrected chi connectivity index (χ4v) is 1.12. The lowest BCUT2D eigenvalue weighted by Crippen LogP contribution is -2.30. The molecular formula is C10H12N2O5. The summed E-state index contributed by atoms with van der Waals surface area (Å²) in [6, 6.07) is 3.85. The van der Waals surface area contributed by atoms with Crippen molar-refractivity contribution in [2.45, 2.75) is 13.0 Å². The van der Waals surface area contributed by atoms with E-state index in [9.17, 15) is 14.9 Å². The predicted molar refractivity (Wildman–Crippen MR) is 58.9 cm³/mol. The molecule has 0 saturated carbocycles. The van der Waals surface area contributed by atoms with Gasteiger partial charge in [-0.25, -0.2) is 0 Å². The number of carbonyl (C=O) groups is 1. The lowest BCUT2D eigenvalue weighted by Gasteiger charge is -2.13. The number of benzene rings is 1. The molecule has 1 amide bonds. The first-order valence-corrected chi connectivity index (χ1v) is 4.74. The Morgan fingerprint density at radius 1 is 1.47 bits per heavy atom. The lowest BCUT2D eigenvalue weighted by molar-refractivity contribution is -0.385. The molecule has 0 heterocycles. The maximum absolute atomic E-state index is 10.8. The second kappa shape index (κ2) is 5.15. The highest BCUT2D eigenvalue weighted by molar-refractivity contribution is 5.78. The Labute approximate surface area is 97.3 Å². The monoisotopic (exact) mass is 240 g/mol. The summed E-state index contributed by atoms with van der Waals surface area (Å²) in [5.41, 5.74) is 4.88. The normalized spacial score (nSPS) is 11.6. The van der Waals surface area contributed by atoms with Gasteiger partial charge >= 0.3 is 0 Å². The number of hydrogen-bond donors (Lipinski definition) is 1. The molecule has 0 fully saturated rings. The Balaban J connectivity index is 3.06. The third-order valence-corrected chi connectivity index (χ3v) is 2.06. The van der Waals surface area contributed by atoms with Gasteiger partial charge in [-0.3, -0.25) is 14.9 Å². The summed E-state index contributed by atoms with van der Waals surface area (Å²) in [6.45, 7) is 1.45. The third kappa shape index (κ3) is 3.07. The summed E-state index contributed by atoms with van der Waals surface area (Å²) in [4.78, 5) is 20.9. The molecule has 7 nitrogen and oxygen atoms in total. The number of carbonyl (C=O) groups excluding carboxylic acids is 1. The lowest BCUT2D eigenvalue weighted by atomic mass is 10.2. The minimum Gasteiger partial charge on any atom is -0.493 e. The van der Waals surface area contributed by atoms with Crippen molar-refractivity contribution in [3.8, 4) is 11.5 Å². The van der Waals surface area contributed by atoms with Crippen LogP contribution >= 0.6 is 0 Å². The highest BCUT2D eigenvalue weighted by atomic mass is 16.6. The molecule has 1 atom stereocenters. The van der Waals surface area contributed by atoms with Crippen LogP contribution < -0.4 is 15.2 Å². The number of nitro benzene ring substituents is 1. The van der Waals surface area contributed by atoms with E-state index in [2.05, 4.69) is 0 Å². The summed E-state index contributed by atoms with van der Waals surface area (Å²) in [7, 11) is 1.39. The molecule has 0 aliphatic heterocycles. The molecule has 0 radical (unpaired) electrons. The Bertz CT molecular complexity index is 446. The highest BCUT2D eigenvalue weighted by Crippen LogP contribution is 2.31. The van der Waals surface area contributed by atoms with Crippen LogP contribution in [0.3, 0.4) is 0 Å². The minimum absolute atomic E-state index is 0.105. The van der Waals surface area contributed by atoms with Gasteiger partial charge in [0.2, 0.25) is 0 Å². The minimum atomic E-state index is -0.897. The van der Waals surface area contributed by atoms with Crippen LogP contribution in [0.1, 0.15) is 6.92 Å². The molecule has 1 rings (SSSR count). The van der Waals surface area contributed by atoms with Gasteiger partial charge in [-0.1, -0.05) is 0 Å². The van der Waals surface area contributed by atoms with Crippen molar-refractivity contribution in [2.75, 3.05) is 7.11 Å². The summed E-state index contributed by atoms with van der Waals surface area (Å²) in [6.07, 6.45) is -0.897. The van der Waals surface area contributed by atoms with Crippen molar-refractivity contribution >= 4 is 11.6 Å². The van der Waals surface area contributed by atoms with Crippen molar-refractivity contribution < 1.29 is 19.2 Å². The van der Waals surface area contributed by atoms with E-state index < -0.39 is 16.9 Å². The largest absolute Gasteiger partial charge is 0.493 e. The van der Waals surface area contributed by atoms with Crippen molar-refractivity contribution in [1.82, 2.24) is 0 Å². The number of amides is 1. The first-order chi connectivity index (χ1) is 7.95. The maximum atomic E-state index is 10.8. The summed E-state index contributed by atoms with van der Waals surface area (Å²) >= 11 is 0. The zero-order valence-corrected chi connectivity index (χ0v) is 9.38. The number of nitrogens with zero attached hydrogens (tertiary/aromatic N) is 1. The fraction of sp³-hybridized carbons (Fsp3) is 0.300. The van der Waals surface area contributed by atoms with Crippen molar-refractivity contribution in [3.05, 3.63) is 28.3 Å². The van der Waals surface area contributed by atoms with Gasteiger partial charge in [0, 0.05) is 6.07 Å². The standard InChI is InChI=1S/C10H12N2O5/c1-6(10(11)13)17-9-5-7(12(14)15)3-4-8(9)16-2/h3-6H,1-2H3,(H2,11,13)/t6-/m0/s1.